The first-order chi connectivity index (χ1) is 12.7. The summed E-state index contributed by atoms with van der Waals surface area (Å²) in [5.41, 5.74) is 2.94. The minimum atomic E-state index is 0.0146. The fraction of sp³-hybridized carbons (Fsp3) is 0.286. The Hall–Kier alpha value is -2.95. The maximum atomic E-state index is 12.9. The molecule has 0 spiro atoms. The maximum Gasteiger partial charge on any atom is 0.254 e. The summed E-state index contributed by atoms with van der Waals surface area (Å²) in [6.45, 7) is 1.46. The Labute approximate surface area is 152 Å². The van der Waals surface area contributed by atoms with Crippen molar-refractivity contribution < 1.29 is 14.3 Å². The van der Waals surface area contributed by atoms with Crippen molar-refractivity contribution in [2.24, 2.45) is 0 Å². The summed E-state index contributed by atoms with van der Waals surface area (Å²) in [6.07, 6.45) is 0.958. The van der Waals surface area contributed by atoms with E-state index in [4.69, 9.17) is 9.47 Å². The van der Waals surface area contributed by atoms with Gasteiger partial charge in [0.05, 0.1) is 14.2 Å². The summed E-state index contributed by atoms with van der Waals surface area (Å²) in [7, 11) is 3.18. The van der Waals surface area contributed by atoms with Gasteiger partial charge in [0.25, 0.3) is 5.91 Å². The molecule has 4 rings (SSSR count). The number of methoxy groups -OCH3 is 2. The molecule has 1 unspecified atom stereocenters. The molecule has 5 heteroatoms. The molecular weight excluding hydrogens is 328 g/mol. The lowest BCUT2D eigenvalue weighted by Gasteiger charge is -2.17. The van der Waals surface area contributed by atoms with Gasteiger partial charge >= 0.3 is 0 Å². The number of amides is 1. The molecule has 1 amide bonds. The molecule has 2 heterocycles. The highest BCUT2D eigenvalue weighted by atomic mass is 16.5. The zero-order chi connectivity index (χ0) is 18.1. The molecule has 1 aliphatic heterocycles. The number of carbonyl (C=O) groups is 1. The zero-order valence-electron chi connectivity index (χ0n) is 15.0. The first kappa shape index (κ1) is 16.5. The molecule has 0 bridgehead atoms. The second kappa shape index (κ2) is 6.75. The molecule has 1 saturated heterocycles. The maximum absolute atomic E-state index is 12.9. The summed E-state index contributed by atoms with van der Waals surface area (Å²) in [4.78, 5) is 18.3. The molecule has 0 saturated carbocycles. The molecule has 0 radical (unpaired) electrons. The largest absolute Gasteiger partial charge is 0.497 e. The third-order valence-corrected chi connectivity index (χ3v) is 5.06. The van der Waals surface area contributed by atoms with Crippen molar-refractivity contribution in [1.29, 1.82) is 0 Å². The number of nitrogens with one attached hydrogen (secondary N) is 1. The molecule has 1 fully saturated rings. The third kappa shape index (κ3) is 3.01. The number of carbonyl (C=O) groups excluding carboxylic acids is 1. The summed E-state index contributed by atoms with van der Waals surface area (Å²) >= 11 is 0. The van der Waals surface area contributed by atoms with Crippen LogP contribution in [0, 0.1) is 0 Å². The number of fused-ring (bicyclic) bond motifs is 1. The molecule has 1 atom stereocenters. The van der Waals surface area contributed by atoms with Crippen LogP contribution in [0.3, 0.4) is 0 Å². The van der Waals surface area contributed by atoms with Crippen LogP contribution < -0.4 is 9.47 Å². The molecule has 1 N–H and O–H groups in total. The number of hydrogen-bond donors (Lipinski definition) is 1. The predicted molar refractivity (Wildman–Crippen MR) is 101 cm³/mol. The predicted octanol–water partition coefficient (Wildman–Crippen LogP) is 3.81. The van der Waals surface area contributed by atoms with Gasteiger partial charge in [0.2, 0.25) is 0 Å². The number of nitrogens with zero attached hydrogens (tertiary/aromatic N) is 1. The van der Waals surface area contributed by atoms with Crippen LogP contribution in [0.4, 0.5) is 0 Å². The number of ether oxygens (including phenoxy) is 2. The monoisotopic (exact) mass is 350 g/mol. The second-order valence-electron chi connectivity index (χ2n) is 6.65. The molecule has 26 heavy (non-hydrogen) atoms. The van der Waals surface area contributed by atoms with E-state index < -0.39 is 0 Å². The van der Waals surface area contributed by atoms with Crippen LogP contribution in [0.2, 0.25) is 0 Å². The molecule has 5 nitrogen and oxygen atoms in total. The van der Waals surface area contributed by atoms with Crippen molar-refractivity contribution in [2.45, 2.75) is 12.3 Å². The van der Waals surface area contributed by atoms with Crippen molar-refractivity contribution in [3.8, 4) is 11.5 Å². The van der Waals surface area contributed by atoms with Crippen LogP contribution in [0.1, 0.15) is 28.4 Å². The van der Waals surface area contributed by atoms with Crippen molar-refractivity contribution >= 4 is 16.8 Å². The van der Waals surface area contributed by atoms with Gasteiger partial charge in [-0.2, -0.15) is 0 Å². The molecule has 3 aromatic rings. The van der Waals surface area contributed by atoms with E-state index in [2.05, 4.69) is 23.2 Å². The average molecular weight is 350 g/mol. The summed E-state index contributed by atoms with van der Waals surface area (Å²) in [6, 6.07) is 15.8. The Kier molecular flexibility index (Phi) is 4.29. The highest BCUT2D eigenvalue weighted by molar-refractivity contribution is 5.95. The van der Waals surface area contributed by atoms with Crippen molar-refractivity contribution in [2.75, 3.05) is 27.3 Å². The highest BCUT2D eigenvalue weighted by Crippen LogP contribution is 2.31. The second-order valence-corrected chi connectivity index (χ2v) is 6.65. The normalized spacial score (nSPS) is 16.8. The van der Waals surface area contributed by atoms with Crippen LogP contribution >= 0.6 is 0 Å². The van der Waals surface area contributed by atoms with Gasteiger partial charge in [0, 0.05) is 41.8 Å². The fourth-order valence-corrected chi connectivity index (χ4v) is 3.63. The highest BCUT2D eigenvalue weighted by Gasteiger charge is 2.29. The molecule has 134 valence electrons. The number of hydrogen-bond acceptors (Lipinski definition) is 3. The van der Waals surface area contributed by atoms with E-state index in [0.717, 1.165) is 18.5 Å². The summed E-state index contributed by atoms with van der Waals surface area (Å²) in [5, 5.41) is 1.21. The van der Waals surface area contributed by atoms with Crippen LogP contribution in [-0.2, 0) is 0 Å². The zero-order valence-corrected chi connectivity index (χ0v) is 15.0. The number of likely N-dealkylation sites (tertiary alicyclic amines) is 1. The Balaban J connectivity index is 1.54. The van der Waals surface area contributed by atoms with Crippen molar-refractivity contribution in [1.82, 2.24) is 9.88 Å². The topological polar surface area (TPSA) is 54.6 Å². The van der Waals surface area contributed by atoms with Crippen molar-refractivity contribution in [3.05, 3.63) is 59.8 Å². The van der Waals surface area contributed by atoms with E-state index in [-0.39, 0.29) is 5.91 Å². The van der Waals surface area contributed by atoms with Crippen LogP contribution in [-0.4, -0.2) is 43.1 Å². The Morgan fingerprint density at radius 3 is 2.50 bits per heavy atom. The summed E-state index contributed by atoms with van der Waals surface area (Å²) < 4.78 is 10.6. The van der Waals surface area contributed by atoms with Crippen LogP contribution in [0.25, 0.3) is 10.9 Å². The molecule has 1 aliphatic rings. The lowest BCUT2D eigenvalue weighted by molar-refractivity contribution is 0.0790. The Morgan fingerprint density at radius 1 is 1.08 bits per heavy atom. The minimum absolute atomic E-state index is 0.0146. The molecule has 1 aromatic heterocycles. The van der Waals surface area contributed by atoms with E-state index in [9.17, 15) is 4.79 Å². The van der Waals surface area contributed by atoms with Gasteiger partial charge in [-0.15, -0.1) is 0 Å². The number of para-hydroxylation sites is 1. The van der Waals surface area contributed by atoms with Crippen molar-refractivity contribution in [3.63, 3.8) is 0 Å². The molecule has 0 aliphatic carbocycles. The lowest BCUT2D eigenvalue weighted by Crippen LogP contribution is -2.28. The first-order valence-corrected chi connectivity index (χ1v) is 8.78. The van der Waals surface area contributed by atoms with Crippen LogP contribution in [0.5, 0.6) is 11.5 Å². The van der Waals surface area contributed by atoms with Gasteiger partial charge < -0.3 is 19.4 Å². The van der Waals surface area contributed by atoms with E-state index in [0.29, 0.717) is 29.5 Å². The van der Waals surface area contributed by atoms with Gasteiger partial charge in [-0.1, -0.05) is 18.2 Å². The van der Waals surface area contributed by atoms with E-state index in [1.165, 1.54) is 11.1 Å². The SMILES string of the molecule is COc1cc(OC)cc(C(=O)N2CCC(c3cc4ccccc4[nH]3)C2)c1. The van der Waals surface area contributed by atoms with Gasteiger partial charge in [-0.25, -0.2) is 0 Å². The Bertz CT molecular complexity index is 892. The standard InChI is InChI=1S/C21H22N2O3/c1-25-17-9-16(10-18(12-17)26-2)21(24)23-8-7-15(13-23)20-11-14-5-3-4-6-19(14)22-20/h3-6,9-12,15,22H,7-8,13H2,1-2H3. The average Bonchev–Trinajstić information content (AvgIpc) is 3.33. The molecular formula is C21H22N2O3. The number of H-pyrrole nitrogens is 1. The quantitative estimate of drug-likeness (QED) is 0.778. The minimum Gasteiger partial charge on any atom is -0.497 e. The van der Waals surface area contributed by atoms with Gasteiger partial charge in [0.1, 0.15) is 11.5 Å². The van der Waals surface area contributed by atoms with E-state index >= 15 is 0 Å². The summed E-state index contributed by atoms with van der Waals surface area (Å²) in [5.74, 6) is 1.60. The number of aromatic nitrogens is 1. The Morgan fingerprint density at radius 2 is 1.81 bits per heavy atom. The van der Waals surface area contributed by atoms with Crippen LogP contribution in [0.15, 0.2) is 48.5 Å². The number of aromatic amines is 1. The number of benzene rings is 2. The smallest absolute Gasteiger partial charge is 0.254 e. The van der Waals surface area contributed by atoms with Gasteiger partial charge in [0.15, 0.2) is 0 Å². The first-order valence-electron chi connectivity index (χ1n) is 8.78. The molecule has 2 aromatic carbocycles. The third-order valence-electron chi connectivity index (χ3n) is 5.06. The lowest BCUT2D eigenvalue weighted by atomic mass is 10.1. The van der Waals surface area contributed by atoms with E-state index in [1.807, 2.05) is 17.0 Å². The van der Waals surface area contributed by atoms with Gasteiger partial charge in [-0.3, -0.25) is 4.79 Å². The van der Waals surface area contributed by atoms with Gasteiger partial charge in [-0.05, 0) is 36.1 Å². The fourth-order valence-electron chi connectivity index (χ4n) is 3.63. The number of rotatable bonds is 4. The van der Waals surface area contributed by atoms with E-state index in [1.54, 1.807) is 32.4 Å².